The lowest BCUT2D eigenvalue weighted by atomic mass is 9.96. The topological polar surface area (TPSA) is 112 Å². The molecule has 0 unspecified atom stereocenters. The van der Waals surface area contributed by atoms with E-state index in [1.165, 1.54) is 28.5 Å². The summed E-state index contributed by atoms with van der Waals surface area (Å²) in [4.78, 5) is 12.9. The number of aryl methyl sites for hydroxylation is 2. The minimum Gasteiger partial charge on any atom is -0.477 e. The maximum absolute atomic E-state index is 13.1. The molecule has 0 bridgehead atoms. The van der Waals surface area contributed by atoms with E-state index in [4.69, 9.17) is 9.88 Å². The van der Waals surface area contributed by atoms with Gasteiger partial charge in [-0.05, 0) is 60.3 Å². The lowest BCUT2D eigenvalue weighted by molar-refractivity contribution is 0.224. The van der Waals surface area contributed by atoms with E-state index in [-0.39, 0.29) is 4.90 Å². The van der Waals surface area contributed by atoms with Crippen LogP contribution in [0.15, 0.2) is 21.5 Å². The lowest BCUT2D eigenvalue weighted by Gasteiger charge is -2.17. The molecule has 1 aromatic heterocycles. The smallest absolute Gasteiger partial charge is 0.354 e. The van der Waals surface area contributed by atoms with Gasteiger partial charge in [-0.3, -0.25) is 0 Å². The Bertz CT molecular complexity index is 1130. The van der Waals surface area contributed by atoms with Crippen LogP contribution in [0.25, 0.3) is 0 Å². The van der Waals surface area contributed by atoms with E-state index in [1.54, 1.807) is 4.68 Å². The fourth-order valence-electron chi connectivity index (χ4n) is 4.74. The van der Waals surface area contributed by atoms with E-state index in [1.807, 2.05) is 0 Å². The number of hydrogen-bond acceptors (Lipinski definition) is 4. The van der Waals surface area contributed by atoms with Gasteiger partial charge in [-0.25, -0.2) is 18.8 Å². The summed E-state index contributed by atoms with van der Waals surface area (Å²) < 4.78 is 24.1. The van der Waals surface area contributed by atoms with Gasteiger partial charge in [0.1, 0.15) is 4.90 Å². The first-order chi connectivity index (χ1) is 13.9. The summed E-state index contributed by atoms with van der Waals surface area (Å²) in [6.07, 6.45) is 7.27. The van der Waals surface area contributed by atoms with Gasteiger partial charge in [0.2, 0.25) is 5.88 Å². The second-order valence-corrected chi connectivity index (χ2v) is 9.84. The summed E-state index contributed by atoms with van der Waals surface area (Å²) in [5, 5.41) is 13.1. The maximum Gasteiger partial charge on any atom is 0.354 e. The number of carbonyl (C=O) groups is 1. The first kappa shape index (κ1) is 18.6. The minimum absolute atomic E-state index is 0.171. The van der Waals surface area contributed by atoms with Crippen molar-refractivity contribution >= 4 is 21.6 Å². The normalized spacial score (nSPS) is 21.5. The molecule has 0 saturated heterocycles. The summed E-state index contributed by atoms with van der Waals surface area (Å²) in [7, 11) is -3.46. The molecule has 5 rings (SSSR count). The molecule has 1 aliphatic heterocycles. The summed E-state index contributed by atoms with van der Waals surface area (Å²) >= 11 is 0. The van der Waals surface area contributed by atoms with Gasteiger partial charge in [0.15, 0.2) is 9.92 Å². The molecule has 0 spiro atoms. The minimum atomic E-state index is -3.46. The number of nitrogens with two attached hydrogens (primary N) is 1. The molecule has 0 saturated carbocycles. The highest BCUT2D eigenvalue weighted by Crippen LogP contribution is 2.43. The number of ether oxygens (including phenoxy) is 1. The molecular weight excluding hydrogens is 390 g/mol. The van der Waals surface area contributed by atoms with E-state index in [2.05, 4.69) is 27.8 Å². The van der Waals surface area contributed by atoms with Crippen LogP contribution >= 0.6 is 0 Å². The zero-order chi connectivity index (χ0) is 20.2. The van der Waals surface area contributed by atoms with Crippen LogP contribution in [0, 0.1) is 0 Å². The average molecular weight is 416 g/mol. The van der Waals surface area contributed by atoms with Gasteiger partial charge in [0.25, 0.3) is 0 Å². The van der Waals surface area contributed by atoms with E-state index in [0.29, 0.717) is 24.9 Å². The predicted octanol–water partition coefficient (Wildman–Crippen LogP) is 3.14. The third-order valence-electron chi connectivity index (χ3n) is 6.18. The SMILES string of the molecule is C[C@H]1CCc2c1cc1c(c2NC(=O)N=[S@](N)(=O)c2cnn3c2OCCC3)CCC1. The summed E-state index contributed by atoms with van der Waals surface area (Å²) in [5.41, 5.74) is 5.86. The Morgan fingerprint density at radius 1 is 1.34 bits per heavy atom. The van der Waals surface area contributed by atoms with Crippen molar-refractivity contribution in [1.29, 1.82) is 0 Å². The third kappa shape index (κ3) is 3.12. The highest BCUT2D eigenvalue weighted by atomic mass is 32.2. The number of carbonyl (C=O) groups excluding carboxylic acids is 1. The summed E-state index contributed by atoms with van der Waals surface area (Å²) in [6, 6.07) is 1.63. The number of benzene rings is 1. The van der Waals surface area contributed by atoms with E-state index >= 15 is 0 Å². The van der Waals surface area contributed by atoms with Crippen LogP contribution in [-0.2, 0) is 35.7 Å². The molecule has 29 heavy (non-hydrogen) atoms. The number of rotatable bonds is 2. The Hall–Kier alpha value is -2.39. The Kier molecular flexibility index (Phi) is 4.40. The van der Waals surface area contributed by atoms with Crippen LogP contribution in [0.4, 0.5) is 10.5 Å². The molecular formula is C20H25N5O3S. The van der Waals surface area contributed by atoms with Crippen molar-refractivity contribution in [3.05, 3.63) is 34.5 Å². The number of fused-ring (bicyclic) bond motifs is 3. The molecule has 2 atom stereocenters. The standard InChI is InChI=1S/C20H25N5O3S/c1-12-6-7-15-16(12)10-13-4-2-5-14(13)18(15)23-20(26)24-29(21,27)17-11-22-25-8-3-9-28-19(17)25/h10-12H,2-9H2,1H3,(H3,21,23,24,26,27)/t12-,29-/m0/s1. The Morgan fingerprint density at radius 3 is 3.07 bits per heavy atom. The van der Waals surface area contributed by atoms with Gasteiger partial charge in [-0.1, -0.05) is 13.0 Å². The van der Waals surface area contributed by atoms with Crippen LogP contribution in [0.1, 0.15) is 54.4 Å². The number of nitrogens with zero attached hydrogens (tertiary/aromatic N) is 3. The lowest BCUT2D eigenvalue weighted by Crippen LogP contribution is -2.21. The van der Waals surface area contributed by atoms with Gasteiger partial charge < -0.3 is 10.1 Å². The Balaban J connectivity index is 1.50. The van der Waals surface area contributed by atoms with Crippen molar-refractivity contribution in [2.45, 2.75) is 62.8 Å². The number of hydrogen-bond donors (Lipinski definition) is 2. The fourth-order valence-corrected chi connectivity index (χ4v) is 5.74. The molecule has 8 nitrogen and oxygen atoms in total. The molecule has 0 fully saturated rings. The van der Waals surface area contributed by atoms with Crippen molar-refractivity contribution in [2.24, 2.45) is 9.50 Å². The Labute approximate surface area is 170 Å². The first-order valence-electron chi connectivity index (χ1n) is 10.2. The number of amides is 2. The molecule has 9 heteroatoms. The monoisotopic (exact) mass is 415 g/mol. The zero-order valence-electron chi connectivity index (χ0n) is 16.4. The van der Waals surface area contributed by atoms with Crippen LogP contribution < -0.4 is 15.2 Å². The van der Waals surface area contributed by atoms with Crippen LogP contribution in [0.3, 0.4) is 0 Å². The molecule has 1 aromatic carbocycles. The van der Waals surface area contributed by atoms with Crippen molar-refractivity contribution < 1.29 is 13.7 Å². The number of urea groups is 1. The van der Waals surface area contributed by atoms with Crippen LogP contribution in [0.5, 0.6) is 5.88 Å². The predicted molar refractivity (Wildman–Crippen MR) is 110 cm³/mol. The number of anilines is 1. The highest BCUT2D eigenvalue weighted by Gasteiger charge is 2.29. The van der Waals surface area contributed by atoms with Gasteiger partial charge in [0, 0.05) is 18.7 Å². The van der Waals surface area contributed by atoms with E-state index in [9.17, 15) is 9.00 Å². The van der Waals surface area contributed by atoms with Gasteiger partial charge in [-0.2, -0.15) is 5.10 Å². The molecule has 2 heterocycles. The molecule has 2 aliphatic carbocycles. The molecule has 2 amide bonds. The first-order valence-corrected chi connectivity index (χ1v) is 11.7. The van der Waals surface area contributed by atoms with E-state index in [0.717, 1.165) is 44.2 Å². The molecule has 3 N–H and O–H groups in total. The summed E-state index contributed by atoms with van der Waals surface area (Å²) in [5.74, 6) is 0.828. The van der Waals surface area contributed by atoms with Gasteiger partial charge >= 0.3 is 6.03 Å². The van der Waals surface area contributed by atoms with Gasteiger partial charge in [0.05, 0.1) is 12.8 Å². The average Bonchev–Trinajstić information content (AvgIpc) is 3.40. The molecule has 3 aliphatic rings. The third-order valence-corrected chi connectivity index (χ3v) is 7.53. The van der Waals surface area contributed by atoms with Gasteiger partial charge in [-0.15, -0.1) is 4.36 Å². The Morgan fingerprint density at radius 2 is 2.21 bits per heavy atom. The molecule has 154 valence electrons. The number of nitrogens with one attached hydrogen (secondary N) is 1. The highest BCUT2D eigenvalue weighted by molar-refractivity contribution is 7.91. The van der Waals surface area contributed by atoms with Crippen molar-refractivity contribution in [3.63, 3.8) is 0 Å². The van der Waals surface area contributed by atoms with Crippen molar-refractivity contribution in [1.82, 2.24) is 9.78 Å². The largest absolute Gasteiger partial charge is 0.477 e. The second-order valence-electron chi connectivity index (χ2n) is 8.08. The quantitative estimate of drug-likeness (QED) is 0.785. The summed E-state index contributed by atoms with van der Waals surface area (Å²) in [6.45, 7) is 3.39. The fraction of sp³-hybridized carbons (Fsp3) is 0.500. The van der Waals surface area contributed by atoms with E-state index < -0.39 is 15.9 Å². The van der Waals surface area contributed by atoms with Crippen LogP contribution in [0.2, 0.25) is 0 Å². The molecule has 0 radical (unpaired) electrons. The van der Waals surface area contributed by atoms with Crippen molar-refractivity contribution in [3.8, 4) is 5.88 Å². The van der Waals surface area contributed by atoms with Crippen LogP contribution in [-0.4, -0.2) is 26.6 Å². The van der Waals surface area contributed by atoms with Crippen molar-refractivity contribution in [2.75, 3.05) is 11.9 Å². The zero-order valence-corrected chi connectivity index (χ0v) is 17.3. The molecule has 2 aromatic rings. The number of aromatic nitrogens is 2. The second kappa shape index (κ2) is 6.84. The maximum atomic E-state index is 13.1.